The van der Waals surface area contributed by atoms with Gasteiger partial charge in [0.25, 0.3) is 5.78 Å². The maximum Gasteiger partial charge on any atom is 0.256 e. The van der Waals surface area contributed by atoms with Crippen LogP contribution in [0.4, 0.5) is 5.95 Å². The van der Waals surface area contributed by atoms with Crippen molar-refractivity contribution >= 4 is 28.7 Å². The lowest BCUT2D eigenvalue weighted by Crippen LogP contribution is -1.93. The second kappa shape index (κ2) is 2.83. The summed E-state index contributed by atoms with van der Waals surface area (Å²) < 4.78 is 1.61. The summed E-state index contributed by atoms with van der Waals surface area (Å²) in [7, 11) is 0. The van der Waals surface area contributed by atoms with Crippen molar-refractivity contribution in [3.8, 4) is 0 Å². The van der Waals surface area contributed by atoms with E-state index < -0.39 is 0 Å². The molecular weight excluding hydrogens is 210 g/mol. The lowest BCUT2D eigenvalue weighted by molar-refractivity contribution is 1.10. The highest BCUT2D eigenvalue weighted by atomic mass is 79.9. The Kier molecular flexibility index (Phi) is 2.04. The van der Waals surface area contributed by atoms with Gasteiger partial charge in [0, 0.05) is 12.4 Å². The number of rotatable bonds is 0. The minimum Gasteiger partial charge on any atom is -0.368 e. The van der Waals surface area contributed by atoms with Crippen molar-refractivity contribution in [2.75, 3.05) is 5.73 Å². The molecule has 0 aromatic carbocycles. The van der Waals surface area contributed by atoms with Gasteiger partial charge in [-0.3, -0.25) is 4.40 Å². The van der Waals surface area contributed by atoms with Crippen molar-refractivity contribution < 1.29 is 0 Å². The van der Waals surface area contributed by atoms with Crippen molar-refractivity contribution in [3.05, 3.63) is 18.5 Å². The first-order valence-electron chi connectivity index (χ1n) is 2.79. The zero-order valence-electron chi connectivity index (χ0n) is 5.51. The first kappa shape index (κ1) is 7.93. The number of anilines is 1. The van der Waals surface area contributed by atoms with Crippen LogP contribution in [0.15, 0.2) is 18.5 Å². The van der Waals surface area contributed by atoms with Gasteiger partial charge in [0.05, 0.1) is 0 Å². The first-order valence-corrected chi connectivity index (χ1v) is 2.79. The van der Waals surface area contributed by atoms with Gasteiger partial charge in [0.2, 0.25) is 5.95 Å². The lowest BCUT2D eigenvalue weighted by atomic mass is 10.7. The molecule has 0 saturated carbocycles. The smallest absolute Gasteiger partial charge is 0.256 e. The molecule has 0 aliphatic heterocycles. The summed E-state index contributed by atoms with van der Waals surface area (Å²) in [6.45, 7) is 0. The van der Waals surface area contributed by atoms with Crippen LogP contribution in [0.2, 0.25) is 0 Å². The number of nitrogens with zero attached hydrogens (tertiary/aromatic N) is 4. The van der Waals surface area contributed by atoms with Gasteiger partial charge in [0.1, 0.15) is 0 Å². The van der Waals surface area contributed by atoms with Crippen LogP contribution in [0.5, 0.6) is 0 Å². The van der Waals surface area contributed by atoms with Gasteiger partial charge in [0.15, 0.2) is 0 Å². The molecule has 11 heavy (non-hydrogen) atoms. The number of halogens is 1. The molecule has 5 nitrogen and oxygen atoms in total. The Hall–Kier alpha value is -1.17. The van der Waals surface area contributed by atoms with Gasteiger partial charge in [-0.05, 0) is 6.07 Å². The largest absolute Gasteiger partial charge is 0.368 e. The van der Waals surface area contributed by atoms with E-state index in [2.05, 4.69) is 15.2 Å². The Morgan fingerprint density at radius 3 is 2.91 bits per heavy atom. The van der Waals surface area contributed by atoms with E-state index in [0.29, 0.717) is 11.7 Å². The fourth-order valence-electron chi connectivity index (χ4n) is 0.760. The predicted molar refractivity (Wildman–Crippen MR) is 45.5 cm³/mol. The van der Waals surface area contributed by atoms with E-state index in [-0.39, 0.29) is 17.0 Å². The highest BCUT2D eigenvalue weighted by molar-refractivity contribution is 8.93. The zero-order valence-corrected chi connectivity index (χ0v) is 7.22. The van der Waals surface area contributed by atoms with Crippen LogP contribution < -0.4 is 5.73 Å². The first-order chi connectivity index (χ1) is 4.88. The van der Waals surface area contributed by atoms with E-state index in [1.165, 1.54) is 0 Å². The van der Waals surface area contributed by atoms with Crippen LogP contribution in [-0.4, -0.2) is 19.6 Å². The second-order valence-electron chi connectivity index (χ2n) is 1.85. The lowest BCUT2D eigenvalue weighted by Gasteiger charge is -1.88. The number of nitrogens with two attached hydrogens (primary N) is 1. The molecule has 0 fully saturated rings. The maximum absolute atomic E-state index is 5.43. The molecule has 0 radical (unpaired) electrons. The molecule has 0 amide bonds. The predicted octanol–water partition coefficient (Wildman–Crippen LogP) is 0.284. The van der Waals surface area contributed by atoms with Crippen molar-refractivity contribution in [3.63, 3.8) is 0 Å². The van der Waals surface area contributed by atoms with Crippen molar-refractivity contribution in [1.29, 1.82) is 0 Å². The number of hydrogen-bond acceptors (Lipinski definition) is 4. The standard InChI is InChI=1S/C5H5N5.BrH/c6-4-8-9-5-7-2-1-3-10(4)5;/h1-3H,(H2,6,8);1H. The zero-order chi connectivity index (χ0) is 6.97. The molecule has 0 unspecified atom stereocenters. The molecular formula is C5H6BrN5. The molecule has 0 aliphatic rings. The number of aromatic nitrogens is 4. The van der Waals surface area contributed by atoms with Crippen LogP contribution in [-0.2, 0) is 0 Å². The van der Waals surface area contributed by atoms with Crippen LogP contribution in [0.25, 0.3) is 5.78 Å². The van der Waals surface area contributed by atoms with E-state index in [1.54, 1.807) is 22.9 Å². The average Bonchev–Trinajstić information content (AvgIpc) is 2.34. The highest BCUT2D eigenvalue weighted by Gasteiger charge is 1.97. The molecule has 2 aromatic heterocycles. The van der Waals surface area contributed by atoms with E-state index in [9.17, 15) is 0 Å². The Bertz CT molecular complexity index is 356. The van der Waals surface area contributed by atoms with Gasteiger partial charge < -0.3 is 5.73 Å². The summed E-state index contributed by atoms with van der Waals surface area (Å²) >= 11 is 0. The summed E-state index contributed by atoms with van der Waals surface area (Å²) in [5.74, 6) is 0.892. The molecule has 0 saturated heterocycles. The quantitative estimate of drug-likeness (QED) is 0.686. The Labute approximate surface area is 73.0 Å². The average molecular weight is 216 g/mol. The summed E-state index contributed by atoms with van der Waals surface area (Å²) in [6.07, 6.45) is 3.40. The third kappa shape index (κ3) is 1.16. The minimum atomic E-state index is 0. The van der Waals surface area contributed by atoms with Crippen LogP contribution in [0.1, 0.15) is 0 Å². The Morgan fingerprint density at radius 1 is 1.36 bits per heavy atom. The van der Waals surface area contributed by atoms with E-state index in [0.717, 1.165) is 0 Å². The number of nitrogen functional groups attached to an aromatic ring is 1. The molecule has 0 aliphatic carbocycles. The Balaban J connectivity index is 0.000000605. The second-order valence-corrected chi connectivity index (χ2v) is 1.85. The molecule has 2 heterocycles. The summed E-state index contributed by atoms with van der Waals surface area (Å²) in [4.78, 5) is 3.91. The van der Waals surface area contributed by atoms with Gasteiger partial charge in [-0.2, -0.15) is 0 Å². The van der Waals surface area contributed by atoms with E-state index in [4.69, 9.17) is 5.73 Å². The normalized spacial score (nSPS) is 9.45. The molecule has 2 rings (SSSR count). The number of fused-ring (bicyclic) bond motifs is 1. The monoisotopic (exact) mass is 215 g/mol. The summed E-state index contributed by atoms with van der Waals surface area (Å²) in [6, 6.07) is 1.77. The van der Waals surface area contributed by atoms with Crippen molar-refractivity contribution in [2.45, 2.75) is 0 Å². The van der Waals surface area contributed by atoms with E-state index in [1.807, 2.05) is 0 Å². The van der Waals surface area contributed by atoms with Crippen LogP contribution in [0, 0.1) is 0 Å². The molecule has 0 atom stereocenters. The minimum absolute atomic E-state index is 0. The van der Waals surface area contributed by atoms with Crippen molar-refractivity contribution in [1.82, 2.24) is 19.6 Å². The van der Waals surface area contributed by atoms with Gasteiger partial charge >= 0.3 is 0 Å². The highest BCUT2D eigenvalue weighted by Crippen LogP contribution is 1.98. The molecule has 0 bridgehead atoms. The SMILES string of the molecule is Br.Nc1nnc2ncccn12. The molecule has 2 N–H and O–H groups in total. The summed E-state index contributed by atoms with van der Waals surface area (Å²) in [5.41, 5.74) is 5.43. The third-order valence-electron chi connectivity index (χ3n) is 1.22. The summed E-state index contributed by atoms with van der Waals surface area (Å²) in [5, 5.41) is 7.32. The van der Waals surface area contributed by atoms with Gasteiger partial charge in [-0.15, -0.1) is 27.2 Å². The van der Waals surface area contributed by atoms with Gasteiger partial charge in [-0.1, -0.05) is 0 Å². The molecule has 6 heteroatoms. The fraction of sp³-hybridized carbons (Fsp3) is 0. The van der Waals surface area contributed by atoms with Gasteiger partial charge in [-0.25, -0.2) is 4.98 Å². The van der Waals surface area contributed by atoms with E-state index >= 15 is 0 Å². The van der Waals surface area contributed by atoms with Crippen LogP contribution in [0.3, 0.4) is 0 Å². The molecule has 58 valence electrons. The topological polar surface area (TPSA) is 69.1 Å². The molecule has 2 aromatic rings. The number of hydrogen-bond donors (Lipinski definition) is 1. The van der Waals surface area contributed by atoms with Crippen molar-refractivity contribution in [2.24, 2.45) is 0 Å². The van der Waals surface area contributed by atoms with Crippen LogP contribution >= 0.6 is 17.0 Å². The molecule has 0 spiro atoms. The third-order valence-corrected chi connectivity index (χ3v) is 1.22. The Morgan fingerprint density at radius 2 is 2.18 bits per heavy atom. The maximum atomic E-state index is 5.43. The fourth-order valence-corrected chi connectivity index (χ4v) is 0.760.